The molecule has 0 amide bonds. The Morgan fingerprint density at radius 1 is 1.00 bits per heavy atom. The van der Waals surface area contributed by atoms with Crippen molar-refractivity contribution in [2.24, 2.45) is 52.3 Å². The Kier molecular flexibility index (Phi) is 9.01. The van der Waals surface area contributed by atoms with Crippen LogP contribution in [0.5, 0.6) is 0 Å². The van der Waals surface area contributed by atoms with Crippen molar-refractivity contribution >= 4 is 22.2 Å². The lowest BCUT2D eigenvalue weighted by Gasteiger charge is -2.62. The normalized spacial score (nSPS) is 37.8. The zero-order chi connectivity index (χ0) is 30.4. The zero-order valence-corrected chi connectivity index (χ0v) is 26.8. The van der Waals surface area contributed by atoms with E-state index in [1.807, 2.05) is 44.2 Å². The van der Waals surface area contributed by atoms with E-state index >= 15 is 0 Å². The number of fused-ring (bicyclic) bond motifs is 5. The van der Waals surface area contributed by atoms with Gasteiger partial charge in [-0.3, -0.25) is 9.35 Å². The van der Waals surface area contributed by atoms with Gasteiger partial charge in [0.15, 0.2) is 0 Å². The van der Waals surface area contributed by atoms with Crippen LogP contribution in [0, 0.1) is 52.3 Å². The molecule has 4 fully saturated rings. The average molecular weight is 603 g/mol. The number of hydrogen-bond acceptors (Lipinski definition) is 6. The topological polar surface area (TPSA) is 107 Å². The van der Waals surface area contributed by atoms with Gasteiger partial charge in [0.1, 0.15) is 11.9 Å². The largest absolute Gasteiger partial charge is 0.458 e. The van der Waals surface area contributed by atoms with Gasteiger partial charge in [0.25, 0.3) is 0 Å². The number of hydrogen-bond donors (Lipinski definition) is 1. The van der Waals surface area contributed by atoms with E-state index in [0.29, 0.717) is 54.3 Å². The molecular formula is C34H50O7S. The maximum absolute atomic E-state index is 13.4. The average Bonchev–Trinajstić information content (AvgIpc) is 3.28. The Morgan fingerprint density at radius 3 is 2.36 bits per heavy atom. The van der Waals surface area contributed by atoms with E-state index in [1.54, 1.807) is 0 Å². The number of carbonyl (C=O) groups excluding carboxylic acids is 2. The summed E-state index contributed by atoms with van der Waals surface area (Å²) in [6.45, 7) is 11.0. The first-order chi connectivity index (χ1) is 19.7. The third-order valence-electron chi connectivity index (χ3n) is 12.4. The van der Waals surface area contributed by atoms with Crippen molar-refractivity contribution in [3.05, 3.63) is 35.9 Å². The van der Waals surface area contributed by atoms with Crippen LogP contribution in [0.15, 0.2) is 30.3 Å². The van der Waals surface area contributed by atoms with Gasteiger partial charge in [-0.15, -0.1) is 0 Å². The van der Waals surface area contributed by atoms with Crippen molar-refractivity contribution in [3.8, 4) is 0 Å². The van der Waals surface area contributed by atoms with Crippen LogP contribution in [-0.2, 0) is 24.1 Å². The lowest BCUT2D eigenvalue weighted by Crippen LogP contribution is -2.59. The van der Waals surface area contributed by atoms with Crippen molar-refractivity contribution in [1.82, 2.24) is 0 Å². The summed E-state index contributed by atoms with van der Waals surface area (Å²) in [6, 6.07) is 9.25. The molecule has 0 bridgehead atoms. The van der Waals surface area contributed by atoms with Crippen molar-refractivity contribution in [1.29, 1.82) is 0 Å². The van der Waals surface area contributed by atoms with Crippen molar-refractivity contribution < 1.29 is 31.5 Å². The van der Waals surface area contributed by atoms with Crippen LogP contribution in [-0.4, -0.2) is 36.9 Å². The third-order valence-corrected chi connectivity index (χ3v) is 12.9. The van der Waals surface area contributed by atoms with Crippen LogP contribution in [0.2, 0.25) is 0 Å². The Balaban J connectivity index is 1.38. The molecule has 0 saturated heterocycles. The molecule has 10 atom stereocenters. The minimum absolute atomic E-state index is 0.0279. The number of ether oxygens (including phenoxy) is 1. The van der Waals surface area contributed by atoms with Crippen LogP contribution in [0.1, 0.15) is 109 Å². The summed E-state index contributed by atoms with van der Waals surface area (Å²) in [4.78, 5) is 26.0. The summed E-state index contributed by atoms with van der Waals surface area (Å²) in [5.41, 5.74) is 0.769. The molecule has 4 saturated carbocycles. The standard InChI is InChI=1S/C34H50O7S/c1-21(2)29(41-42(37,38)39)14-11-22(3)26-12-13-27-31-28(16-18-34(26,27)5)33(4)17-15-25(35)19-24(33)20-30(31)40-32(36)23-9-7-6-8-10-23/h6-10,21-22,24,26-31H,11-20H2,1-5H3,(H,37,38,39)/t22?,24?,26-,27?,28?,29?,30?,31?,33+,34-/m1/s1. The molecule has 0 heterocycles. The SMILES string of the molecule is CC(C)C(CCC(C)[C@H]1CCC2C3C(OC(=O)c4ccccc4)CC4CC(=O)CC[C@]4(C)C3CC[C@@]21C)OS(=O)(=O)O. The number of Topliss-reactive ketones (excluding diaryl/α,β-unsaturated/α-hetero) is 1. The summed E-state index contributed by atoms with van der Waals surface area (Å²) < 4.78 is 43.6. The predicted octanol–water partition coefficient (Wildman–Crippen LogP) is 7.31. The van der Waals surface area contributed by atoms with Gasteiger partial charge >= 0.3 is 16.4 Å². The van der Waals surface area contributed by atoms with Gasteiger partial charge in [0, 0.05) is 18.8 Å². The van der Waals surface area contributed by atoms with E-state index in [0.717, 1.165) is 44.9 Å². The second kappa shape index (κ2) is 12.0. The summed E-state index contributed by atoms with van der Waals surface area (Å²) in [5, 5.41) is 0. The van der Waals surface area contributed by atoms with E-state index in [9.17, 15) is 22.6 Å². The van der Waals surface area contributed by atoms with E-state index in [2.05, 4.69) is 20.8 Å². The fourth-order valence-electron chi connectivity index (χ4n) is 10.1. The predicted molar refractivity (Wildman–Crippen MR) is 161 cm³/mol. The number of esters is 1. The molecule has 1 aromatic rings. The Hall–Kier alpha value is -1.77. The first-order valence-corrected chi connectivity index (χ1v) is 17.5. The molecule has 7 unspecified atom stereocenters. The maximum Gasteiger partial charge on any atom is 0.397 e. The molecule has 5 rings (SSSR count). The molecule has 8 heteroatoms. The molecule has 234 valence electrons. The highest BCUT2D eigenvalue weighted by Crippen LogP contribution is 2.68. The smallest absolute Gasteiger partial charge is 0.397 e. The minimum atomic E-state index is -4.50. The first-order valence-electron chi connectivity index (χ1n) is 16.2. The van der Waals surface area contributed by atoms with Crippen molar-refractivity contribution in [3.63, 3.8) is 0 Å². The molecule has 0 aromatic heterocycles. The minimum Gasteiger partial charge on any atom is -0.458 e. The molecule has 0 radical (unpaired) electrons. The molecule has 1 aromatic carbocycles. The lowest BCUT2D eigenvalue weighted by molar-refractivity contribution is -0.170. The summed E-state index contributed by atoms with van der Waals surface area (Å²) in [5.74, 6) is 2.29. The summed E-state index contributed by atoms with van der Waals surface area (Å²) in [7, 11) is -4.50. The monoisotopic (exact) mass is 602 g/mol. The molecule has 4 aliphatic rings. The molecule has 0 aliphatic heterocycles. The van der Waals surface area contributed by atoms with Gasteiger partial charge in [0.05, 0.1) is 11.7 Å². The van der Waals surface area contributed by atoms with Gasteiger partial charge in [-0.05, 0) is 110 Å². The number of carbonyl (C=O) groups is 2. The van der Waals surface area contributed by atoms with Gasteiger partial charge in [-0.25, -0.2) is 8.98 Å². The Labute approximate surface area is 252 Å². The molecule has 1 N–H and O–H groups in total. The molecular weight excluding hydrogens is 552 g/mol. The van der Waals surface area contributed by atoms with Gasteiger partial charge in [-0.2, -0.15) is 8.42 Å². The van der Waals surface area contributed by atoms with E-state index in [-0.39, 0.29) is 40.7 Å². The summed E-state index contributed by atoms with van der Waals surface area (Å²) in [6.07, 6.45) is 8.03. The van der Waals surface area contributed by atoms with Crippen molar-refractivity contribution in [2.45, 2.75) is 111 Å². The van der Waals surface area contributed by atoms with E-state index in [1.165, 1.54) is 0 Å². The van der Waals surface area contributed by atoms with Gasteiger partial charge in [0.2, 0.25) is 0 Å². The van der Waals surface area contributed by atoms with Crippen LogP contribution in [0.25, 0.3) is 0 Å². The maximum atomic E-state index is 13.4. The number of benzene rings is 1. The molecule has 0 spiro atoms. The summed E-state index contributed by atoms with van der Waals surface area (Å²) >= 11 is 0. The molecule has 42 heavy (non-hydrogen) atoms. The van der Waals surface area contributed by atoms with Crippen LogP contribution < -0.4 is 0 Å². The second-order valence-electron chi connectivity index (χ2n) is 14.9. The van der Waals surface area contributed by atoms with Crippen LogP contribution in [0.4, 0.5) is 0 Å². The van der Waals surface area contributed by atoms with Gasteiger partial charge in [-0.1, -0.05) is 52.8 Å². The molecule has 7 nitrogen and oxygen atoms in total. The quantitative estimate of drug-likeness (QED) is 0.233. The molecule has 4 aliphatic carbocycles. The van der Waals surface area contributed by atoms with E-state index < -0.39 is 16.5 Å². The van der Waals surface area contributed by atoms with Crippen molar-refractivity contribution in [2.75, 3.05) is 0 Å². The van der Waals surface area contributed by atoms with Crippen LogP contribution >= 0.6 is 0 Å². The Morgan fingerprint density at radius 2 is 1.69 bits per heavy atom. The Bertz CT molecular complexity index is 1250. The number of ketones is 1. The second-order valence-corrected chi connectivity index (χ2v) is 15.9. The lowest BCUT2D eigenvalue weighted by atomic mass is 9.43. The zero-order valence-electron chi connectivity index (χ0n) is 26.0. The first kappa shape index (κ1) is 31.6. The number of rotatable bonds is 9. The van der Waals surface area contributed by atoms with Gasteiger partial charge < -0.3 is 4.74 Å². The third kappa shape index (κ3) is 6.10. The highest BCUT2D eigenvalue weighted by atomic mass is 32.3. The highest BCUT2D eigenvalue weighted by Gasteiger charge is 2.63. The fourth-order valence-corrected chi connectivity index (χ4v) is 10.8. The van der Waals surface area contributed by atoms with Crippen LogP contribution in [0.3, 0.4) is 0 Å². The fraction of sp³-hybridized carbons (Fsp3) is 0.765. The van der Waals surface area contributed by atoms with E-state index in [4.69, 9.17) is 8.92 Å². The highest BCUT2D eigenvalue weighted by molar-refractivity contribution is 7.80.